The van der Waals surface area contributed by atoms with Crippen LogP contribution >= 0.6 is 0 Å². The van der Waals surface area contributed by atoms with Crippen LogP contribution in [0.4, 0.5) is 4.79 Å². The highest BCUT2D eigenvalue weighted by atomic mass is 16.6. The molecule has 1 aromatic heterocycles. The Hall–Kier alpha value is -3.56. The maximum Gasteiger partial charge on any atom is 0.410 e. The van der Waals surface area contributed by atoms with Crippen molar-refractivity contribution in [1.29, 1.82) is 0 Å². The number of aromatic carboxylic acids is 1. The van der Waals surface area contributed by atoms with E-state index in [0.29, 0.717) is 38.8 Å². The summed E-state index contributed by atoms with van der Waals surface area (Å²) in [7, 11) is 1.87. The number of carbonyl (C=O) groups excluding carboxylic acids is 1. The lowest BCUT2D eigenvalue weighted by Gasteiger charge is -2.36. The lowest BCUT2D eigenvalue weighted by atomic mass is 9.81. The fraction of sp³-hybridized carbons (Fsp3) is 0.543. The number of carbonyl (C=O) groups is 2. The summed E-state index contributed by atoms with van der Waals surface area (Å²) in [6, 6.07) is 11.2. The number of hydrogen-bond donors (Lipinski definition) is 2. The van der Waals surface area contributed by atoms with Crippen molar-refractivity contribution in [2.24, 2.45) is 0 Å². The van der Waals surface area contributed by atoms with Crippen LogP contribution in [0.3, 0.4) is 0 Å². The molecular formula is C35H47N3O6. The van der Waals surface area contributed by atoms with Gasteiger partial charge in [0.15, 0.2) is 0 Å². The number of fused-ring (bicyclic) bond motifs is 5. The van der Waals surface area contributed by atoms with Gasteiger partial charge >= 0.3 is 12.1 Å². The zero-order chi connectivity index (χ0) is 31.4. The minimum absolute atomic E-state index is 0.245. The van der Waals surface area contributed by atoms with Gasteiger partial charge in [-0.15, -0.1) is 0 Å². The van der Waals surface area contributed by atoms with E-state index in [9.17, 15) is 14.7 Å². The Balaban J connectivity index is 1.68. The summed E-state index contributed by atoms with van der Waals surface area (Å²) in [4.78, 5) is 27.6. The SMILES string of the molecule is CNCCOCCN(C(=O)OC(C)(C)C)[C@H]1COc2cccc(C)c2-c2c(C3CCCCC3)c3ccc(C(=O)O)cc3n2C1. The number of carboxylic acid groups (broad SMARTS) is 1. The van der Waals surface area contributed by atoms with Gasteiger partial charge in [0.1, 0.15) is 18.0 Å². The first kappa shape index (κ1) is 31.9. The highest BCUT2D eigenvalue weighted by Crippen LogP contribution is 2.48. The number of likely N-dealkylation sites (N-methyl/N-ethyl adjacent to an activating group) is 1. The van der Waals surface area contributed by atoms with E-state index in [1.807, 2.05) is 46.0 Å². The smallest absolute Gasteiger partial charge is 0.410 e. The Morgan fingerprint density at radius 1 is 1.11 bits per heavy atom. The molecule has 0 spiro atoms. The molecule has 1 atom stereocenters. The van der Waals surface area contributed by atoms with Gasteiger partial charge in [-0.3, -0.25) is 4.90 Å². The van der Waals surface area contributed by atoms with Gasteiger partial charge in [0.25, 0.3) is 0 Å². The quantitative estimate of drug-likeness (QED) is 0.265. The summed E-state index contributed by atoms with van der Waals surface area (Å²) in [6.45, 7) is 10.3. The summed E-state index contributed by atoms with van der Waals surface area (Å²) in [6.07, 6.45) is 5.33. The number of hydrogen-bond acceptors (Lipinski definition) is 6. The monoisotopic (exact) mass is 605 g/mol. The summed E-state index contributed by atoms with van der Waals surface area (Å²) in [5.74, 6) is 0.160. The summed E-state index contributed by atoms with van der Waals surface area (Å²) in [5.41, 5.74) is 4.91. The van der Waals surface area contributed by atoms with E-state index < -0.39 is 23.7 Å². The molecule has 1 aliphatic heterocycles. The Labute approximate surface area is 260 Å². The Bertz CT molecular complexity index is 1480. The van der Waals surface area contributed by atoms with Crippen molar-refractivity contribution in [3.8, 4) is 17.0 Å². The third-order valence-corrected chi connectivity index (χ3v) is 8.70. The van der Waals surface area contributed by atoms with Gasteiger partial charge in [0.05, 0.1) is 30.5 Å². The van der Waals surface area contributed by atoms with Crippen molar-refractivity contribution < 1.29 is 28.9 Å². The lowest BCUT2D eigenvalue weighted by Crippen LogP contribution is -2.49. The molecule has 44 heavy (non-hydrogen) atoms. The maximum atomic E-state index is 13.7. The molecule has 0 saturated heterocycles. The Kier molecular flexibility index (Phi) is 9.85. The minimum atomic E-state index is -0.960. The number of amides is 1. The van der Waals surface area contributed by atoms with Crippen LogP contribution < -0.4 is 10.1 Å². The number of carboxylic acids is 1. The van der Waals surface area contributed by atoms with Crippen LogP contribution in [-0.2, 0) is 16.0 Å². The number of benzene rings is 2. The zero-order valence-electron chi connectivity index (χ0n) is 26.8. The second-order valence-corrected chi connectivity index (χ2v) is 13.0. The molecule has 0 bridgehead atoms. The summed E-state index contributed by atoms with van der Waals surface area (Å²) in [5, 5.41) is 14.1. The van der Waals surface area contributed by atoms with Crippen molar-refractivity contribution in [2.45, 2.75) is 83.9 Å². The number of nitrogens with one attached hydrogen (secondary N) is 1. The van der Waals surface area contributed by atoms with Crippen LogP contribution in [0.5, 0.6) is 5.75 Å². The third kappa shape index (κ3) is 6.89. The van der Waals surface area contributed by atoms with Crippen molar-refractivity contribution in [1.82, 2.24) is 14.8 Å². The largest absolute Gasteiger partial charge is 0.491 e. The van der Waals surface area contributed by atoms with E-state index in [4.69, 9.17) is 14.2 Å². The molecule has 1 aliphatic carbocycles. The van der Waals surface area contributed by atoms with E-state index >= 15 is 0 Å². The second kappa shape index (κ2) is 13.6. The molecule has 1 amide bonds. The van der Waals surface area contributed by atoms with Crippen molar-refractivity contribution in [3.05, 3.63) is 53.1 Å². The van der Waals surface area contributed by atoms with Gasteiger partial charge in [0.2, 0.25) is 0 Å². The minimum Gasteiger partial charge on any atom is -0.491 e. The molecule has 2 aliphatic rings. The molecule has 9 heteroatoms. The molecule has 3 aromatic rings. The van der Waals surface area contributed by atoms with E-state index in [0.717, 1.165) is 46.3 Å². The van der Waals surface area contributed by atoms with Crippen LogP contribution in [0, 0.1) is 6.92 Å². The van der Waals surface area contributed by atoms with Gasteiger partial charge < -0.3 is 29.2 Å². The summed E-state index contributed by atoms with van der Waals surface area (Å²) >= 11 is 0. The average molecular weight is 606 g/mol. The van der Waals surface area contributed by atoms with E-state index in [2.05, 4.69) is 22.9 Å². The number of aryl methyl sites for hydroxylation is 1. The lowest BCUT2D eigenvalue weighted by molar-refractivity contribution is -0.000134. The van der Waals surface area contributed by atoms with Crippen LogP contribution in [0.15, 0.2) is 36.4 Å². The molecule has 1 saturated carbocycles. The number of rotatable bonds is 9. The number of ether oxygens (including phenoxy) is 3. The Morgan fingerprint density at radius 3 is 2.59 bits per heavy atom. The Morgan fingerprint density at radius 2 is 1.89 bits per heavy atom. The van der Waals surface area contributed by atoms with Crippen LogP contribution in [0.1, 0.15) is 80.3 Å². The van der Waals surface area contributed by atoms with Crippen molar-refractivity contribution in [2.75, 3.05) is 40.0 Å². The van der Waals surface area contributed by atoms with Crippen molar-refractivity contribution in [3.63, 3.8) is 0 Å². The van der Waals surface area contributed by atoms with Crippen LogP contribution in [0.25, 0.3) is 22.2 Å². The average Bonchev–Trinajstić information content (AvgIpc) is 3.27. The molecule has 0 unspecified atom stereocenters. The van der Waals surface area contributed by atoms with E-state index in [1.165, 1.54) is 24.8 Å². The highest BCUT2D eigenvalue weighted by molar-refractivity contribution is 5.99. The summed E-state index contributed by atoms with van der Waals surface area (Å²) < 4.78 is 20.6. The number of nitrogens with zero attached hydrogens (tertiary/aromatic N) is 2. The molecule has 9 nitrogen and oxygen atoms in total. The predicted octanol–water partition coefficient (Wildman–Crippen LogP) is 6.60. The fourth-order valence-corrected chi connectivity index (χ4v) is 6.66. The van der Waals surface area contributed by atoms with Gasteiger partial charge in [0, 0.05) is 36.1 Å². The molecule has 2 N–H and O–H groups in total. The van der Waals surface area contributed by atoms with Crippen LogP contribution in [-0.4, -0.2) is 78.2 Å². The van der Waals surface area contributed by atoms with E-state index in [1.54, 1.807) is 17.0 Å². The molecule has 1 fully saturated rings. The molecular weight excluding hydrogens is 558 g/mol. The number of aromatic nitrogens is 1. The zero-order valence-corrected chi connectivity index (χ0v) is 26.8. The standard InChI is InChI=1S/C35H47N3O6/c1-23-10-9-13-29-30(23)32-31(24-11-7-6-8-12-24)27-15-14-25(33(39)40)20-28(27)38(32)21-26(22-43-29)37(17-19-42-18-16-36-5)34(41)44-35(2,3)4/h9-10,13-15,20,24,26,36H,6-8,11-12,16-19,21-22H2,1-5H3,(H,39,40)/t26-/m1/s1. The molecule has 0 radical (unpaired) electrons. The second-order valence-electron chi connectivity index (χ2n) is 13.0. The predicted molar refractivity (Wildman–Crippen MR) is 172 cm³/mol. The first-order valence-electron chi connectivity index (χ1n) is 15.9. The fourth-order valence-electron chi connectivity index (χ4n) is 6.66. The first-order chi connectivity index (χ1) is 21.1. The van der Waals surface area contributed by atoms with Gasteiger partial charge in [-0.1, -0.05) is 37.5 Å². The van der Waals surface area contributed by atoms with Gasteiger partial charge in [-0.05, 0) is 82.8 Å². The molecule has 2 heterocycles. The molecule has 2 aromatic carbocycles. The van der Waals surface area contributed by atoms with Gasteiger partial charge in [-0.2, -0.15) is 0 Å². The van der Waals surface area contributed by atoms with Gasteiger partial charge in [-0.25, -0.2) is 9.59 Å². The third-order valence-electron chi connectivity index (χ3n) is 8.70. The molecule has 5 rings (SSSR count). The normalized spacial score (nSPS) is 17.2. The van der Waals surface area contributed by atoms with Crippen molar-refractivity contribution >= 4 is 23.0 Å². The van der Waals surface area contributed by atoms with Crippen LogP contribution in [0.2, 0.25) is 0 Å². The first-order valence-corrected chi connectivity index (χ1v) is 15.9. The van der Waals surface area contributed by atoms with E-state index in [-0.39, 0.29) is 12.2 Å². The highest BCUT2D eigenvalue weighted by Gasteiger charge is 2.35. The maximum absolute atomic E-state index is 13.7. The topological polar surface area (TPSA) is 102 Å². The molecule has 238 valence electrons.